The van der Waals surface area contributed by atoms with E-state index in [0.29, 0.717) is 11.8 Å². The summed E-state index contributed by atoms with van der Waals surface area (Å²) in [5.74, 6) is 1.97. The predicted molar refractivity (Wildman–Crippen MR) is 79.5 cm³/mol. The second-order valence-electron chi connectivity index (χ2n) is 4.30. The van der Waals surface area contributed by atoms with E-state index in [0.717, 1.165) is 30.8 Å². The molecular formula is C14H19N5O. The lowest BCUT2D eigenvalue weighted by Gasteiger charge is -2.08. The largest absolute Gasteiger partial charge is 0.497 e. The maximum absolute atomic E-state index is 5.18. The van der Waals surface area contributed by atoms with Crippen LogP contribution in [0.1, 0.15) is 19.8 Å². The summed E-state index contributed by atoms with van der Waals surface area (Å²) < 4.78 is 5.18. The van der Waals surface area contributed by atoms with Crippen molar-refractivity contribution in [1.82, 2.24) is 15.2 Å². The van der Waals surface area contributed by atoms with Crippen LogP contribution in [0.25, 0.3) is 0 Å². The summed E-state index contributed by atoms with van der Waals surface area (Å²) in [6.45, 7) is 2.99. The Hall–Kier alpha value is -2.37. The van der Waals surface area contributed by atoms with Crippen LogP contribution in [0.3, 0.4) is 0 Å². The van der Waals surface area contributed by atoms with Gasteiger partial charge in [-0.25, -0.2) is 0 Å². The molecular weight excluding hydrogens is 254 g/mol. The van der Waals surface area contributed by atoms with E-state index in [1.54, 1.807) is 13.3 Å². The van der Waals surface area contributed by atoms with Crippen molar-refractivity contribution in [3.05, 3.63) is 30.5 Å². The summed E-state index contributed by atoms with van der Waals surface area (Å²) in [7, 11) is 1.64. The molecule has 0 saturated heterocycles. The van der Waals surface area contributed by atoms with Crippen molar-refractivity contribution in [2.75, 3.05) is 24.3 Å². The summed E-state index contributed by atoms with van der Waals surface area (Å²) >= 11 is 0. The number of ether oxygens (including phenoxy) is 1. The maximum Gasteiger partial charge on any atom is 0.244 e. The van der Waals surface area contributed by atoms with Gasteiger partial charge in [0.05, 0.1) is 13.3 Å². The molecule has 0 spiro atoms. The molecule has 6 nitrogen and oxygen atoms in total. The van der Waals surface area contributed by atoms with Gasteiger partial charge in [0.1, 0.15) is 5.75 Å². The van der Waals surface area contributed by atoms with Crippen molar-refractivity contribution < 1.29 is 4.74 Å². The lowest BCUT2D eigenvalue weighted by molar-refractivity contribution is 0.415. The number of aromatic nitrogens is 3. The third-order valence-corrected chi connectivity index (χ3v) is 2.71. The third kappa shape index (κ3) is 4.08. The standard InChI is InChI=1S/C14H19N5O/c1-3-4-8-15-14-18-13(10-16-19-14)17-11-6-5-7-12(9-11)20-2/h5-7,9-10H,3-4,8H2,1-2H3,(H2,15,17,18,19). The molecule has 1 aromatic heterocycles. The Bertz CT molecular complexity index is 547. The van der Waals surface area contributed by atoms with Crippen LogP contribution in [0.15, 0.2) is 30.5 Å². The Morgan fingerprint density at radius 2 is 2.20 bits per heavy atom. The topological polar surface area (TPSA) is 72.0 Å². The van der Waals surface area contributed by atoms with Crippen LogP contribution in [-0.4, -0.2) is 28.8 Å². The van der Waals surface area contributed by atoms with E-state index in [4.69, 9.17) is 4.74 Å². The minimum atomic E-state index is 0.534. The zero-order valence-electron chi connectivity index (χ0n) is 11.8. The van der Waals surface area contributed by atoms with Crippen LogP contribution in [0.2, 0.25) is 0 Å². The molecule has 1 heterocycles. The Morgan fingerprint density at radius 1 is 1.30 bits per heavy atom. The van der Waals surface area contributed by atoms with Gasteiger partial charge in [-0.2, -0.15) is 10.1 Å². The van der Waals surface area contributed by atoms with Crippen molar-refractivity contribution >= 4 is 17.5 Å². The first-order chi connectivity index (χ1) is 9.81. The fourth-order valence-corrected chi connectivity index (χ4v) is 1.66. The Morgan fingerprint density at radius 3 is 3.00 bits per heavy atom. The minimum absolute atomic E-state index is 0.534. The molecule has 2 N–H and O–H groups in total. The summed E-state index contributed by atoms with van der Waals surface area (Å²) in [6, 6.07) is 7.64. The molecule has 0 aliphatic rings. The number of nitrogens with zero attached hydrogens (tertiary/aromatic N) is 3. The van der Waals surface area contributed by atoms with Gasteiger partial charge in [-0.1, -0.05) is 19.4 Å². The Balaban J connectivity index is 2.03. The fourth-order valence-electron chi connectivity index (χ4n) is 1.66. The van der Waals surface area contributed by atoms with Gasteiger partial charge in [0.2, 0.25) is 5.95 Å². The Labute approximate surface area is 118 Å². The molecule has 0 fully saturated rings. The highest BCUT2D eigenvalue weighted by Gasteiger charge is 2.01. The molecule has 0 radical (unpaired) electrons. The SMILES string of the molecule is CCCCNc1nncc(Nc2cccc(OC)c2)n1. The second-order valence-corrected chi connectivity index (χ2v) is 4.30. The van der Waals surface area contributed by atoms with Crippen LogP contribution in [-0.2, 0) is 0 Å². The number of nitrogens with one attached hydrogen (secondary N) is 2. The van der Waals surface area contributed by atoms with Crippen molar-refractivity contribution in [2.45, 2.75) is 19.8 Å². The zero-order chi connectivity index (χ0) is 14.2. The van der Waals surface area contributed by atoms with E-state index >= 15 is 0 Å². The van der Waals surface area contributed by atoms with Crippen LogP contribution in [0.5, 0.6) is 5.75 Å². The number of hydrogen-bond donors (Lipinski definition) is 2. The normalized spacial score (nSPS) is 10.1. The van der Waals surface area contributed by atoms with Gasteiger partial charge in [-0.05, 0) is 18.6 Å². The minimum Gasteiger partial charge on any atom is -0.497 e. The van der Waals surface area contributed by atoms with Crippen LogP contribution in [0.4, 0.5) is 17.5 Å². The van der Waals surface area contributed by atoms with Crippen LogP contribution >= 0.6 is 0 Å². The second kappa shape index (κ2) is 7.28. The fraction of sp³-hybridized carbons (Fsp3) is 0.357. The van der Waals surface area contributed by atoms with E-state index in [-0.39, 0.29) is 0 Å². The van der Waals surface area contributed by atoms with Crippen molar-refractivity contribution in [2.24, 2.45) is 0 Å². The number of rotatable bonds is 7. The number of hydrogen-bond acceptors (Lipinski definition) is 6. The van der Waals surface area contributed by atoms with Gasteiger partial charge in [0.25, 0.3) is 0 Å². The molecule has 0 aliphatic carbocycles. The number of benzene rings is 1. The highest BCUT2D eigenvalue weighted by atomic mass is 16.5. The third-order valence-electron chi connectivity index (χ3n) is 2.71. The summed E-state index contributed by atoms with van der Waals surface area (Å²) in [5.41, 5.74) is 0.893. The quantitative estimate of drug-likeness (QED) is 0.756. The van der Waals surface area contributed by atoms with E-state index < -0.39 is 0 Å². The summed E-state index contributed by atoms with van der Waals surface area (Å²) in [4.78, 5) is 4.36. The highest BCUT2D eigenvalue weighted by molar-refractivity contribution is 5.58. The number of methoxy groups -OCH3 is 1. The van der Waals surface area contributed by atoms with Crippen molar-refractivity contribution in [3.63, 3.8) is 0 Å². The lowest BCUT2D eigenvalue weighted by atomic mass is 10.3. The van der Waals surface area contributed by atoms with Crippen molar-refractivity contribution in [3.8, 4) is 5.75 Å². The molecule has 20 heavy (non-hydrogen) atoms. The average Bonchev–Trinajstić information content (AvgIpc) is 2.48. The molecule has 2 aromatic rings. The summed E-state index contributed by atoms with van der Waals surface area (Å²) in [6.07, 6.45) is 3.80. The zero-order valence-corrected chi connectivity index (χ0v) is 11.8. The predicted octanol–water partition coefficient (Wildman–Crippen LogP) is 2.84. The van der Waals surface area contributed by atoms with E-state index in [9.17, 15) is 0 Å². The summed E-state index contributed by atoms with van der Waals surface area (Å²) in [5, 5.41) is 14.2. The van der Waals surface area contributed by atoms with Crippen LogP contribution < -0.4 is 15.4 Å². The number of anilines is 3. The van der Waals surface area contributed by atoms with Gasteiger partial charge in [0, 0.05) is 18.3 Å². The molecule has 2 rings (SSSR count). The van der Waals surface area contributed by atoms with Gasteiger partial charge in [0.15, 0.2) is 5.82 Å². The Kier molecular flexibility index (Phi) is 5.11. The molecule has 106 valence electrons. The van der Waals surface area contributed by atoms with Crippen LogP contribution in [0, 0.1) is 0 Å². The molecule has 0 aliphatic heterocycles. The first-order valence-electron chi connectivity index (χ1n) is 6.66. The maximum atomic E-state index is 5.18. The van der Waals surface area contributed by atoms with E-state index in [1.165, 1.54) is 0 Å². The van der Waals surface area contributed by atoms with Gasteiger partial charge < -0.3 is 15.4 Å². The number of unbranched alkanes of at least 4 members (excludes halogenated alkanes) is 1. The van der Waals surface area contributed by atoms with Gasteiger partial charge in [-0.3, -0.25) is 0 Å². The first-order valence-corrected chi connectivity index (χ1v) is 6.66. The average molecular weight is 273 g/mol. The first kappa shape index (κ1) is 14.0. The van der Waals surface area contributed by atoms with E-state index in [1.807, 2.05) is 24.3 Å². The van der Waals surface area contributed by atoms with Gasteiger partial charge in [-0.15, -0.1) is 5.10 Å². The molecule has 1 aromatic carbocycles. The van der Waals surface area contributed by atoms with Crippen molar-refractivity contribution in [1.29, 1.82) is 0 Å². The highest BCUT2D eigenvalue weighted by Crippen LogP contribution is 2.19. The lowest BCUT2D eigenvalue weighted by Crippen LogP contribution is -2.07. The molecule has 0 amide bonds. The molecule has 6 heteroatoms. The monoisotopic (exact) mass is 273 g/mol. The smallest absolute Gasteiger partial charge is 0.244 e. The van der Waals surface area contributed by atoms with Gasteiger partial charge >= 0.3 is 0 Å². The molecule has 0 bridgehead atoms. The van der Waals surface area contributed by atoms with E-state index in [2.05, 4.69) is 32.7 Å². The molecule has 0 unspecified atom stereocenters. The molecule has 0 atom stereocenters. The molecule has 0 saturated carbocycles.